The van der Waals surface area contributed by atoms with Crippen molar-refractivity contribution in [2.45, 2.75) is 13.0 Å². The fourth-order valence-electron chi connectivity index (χ4n) is 1.50. The van der Waals surface area contributed by atoms with Gasteiger partial charge in [-0.2, -0.15) is 0 Å². The van der Waals surface area contributed by atoms with Crippen LogP contribution in [-0.4, -0.2) is 44.7 Å². The Morgan fingerprint density at radius 3 is 2.50 bits per heavy atom. The summed E-state index contributed by atoms with van der Waals surface area (Å²) < 4.78 is 10.7. The van der Waals surface area contributed by atoms with E-state index in [1.165, 1.54) is 0 Å². The summed E-state index contributed by atoms with van der Waals surface area (Å²) in [5.74, 6) is -0.331. The minimum absolute atomic E-state index is 0.331. The normalized spacial score (nSPS) is 12.4. The van der Waals surface area contributed by atoms with Gasteiger partial charge in [0.05, 0.1) is 13.2 Å². The highest BCUT2D eigenvalue weighted by Crippen LogP contribution is 2.18. The van der Waals surface area contributed by atoms with E-state index in [4.69, 9.17) is 9.47 Å². The van der Waals surface area contributed by atoms with E-state index in [9.17, 15) is 4.79 Å². The predicted molar refractivity (Wildman–Crippen MR) is 70.3 cm³/mol. The van der Waals surface area contributed by atoms with E-state index in [2.05, 4.69) is 0 Å². The average molecular weight is 251 g/mol. The lowest BCUT2D eigenvalue weighted by Crippen LogP contribution is -2.24. The second-order valence-corrected chi connectivity index (χ2v) is 4.22. The van der Waals surface area contributed by atoms with Crippen molar-refractivity contribution in [1.29, 1.82) is 0 Å². The van der Waals surface area contributed by atoms with Gasteiger partial charge in [-0.05, 0) is 26.6 Å². The first kappa shape index (κ1) is 14.7. The molecule has 1 aromatic rings. The van der Waals surface area contributed by atoms with Gasteiger partial charge in [0.25, 0.3) is 0 Å². The van der Waals surface area contributed by atoms with Gasteiger partial charge in [0, 0.05) is 6.54 Å². The third kappa shape index (κ3) is 4.85. The van der Waals surface area contributed by atoms with E-state index in [0.29, 0.717) is 13.2 Å². The monoisotopic (exact) mass is 251 g/mol. The van der Waals surface area contributed by atoms with Crippen molar-refractivity contribution < 1.29 is 14.3 Å². The van der Waals surface area contributed by atoms with E-state index in [0.717, 1.165) is 12.1 Å². The molecule has 0 N–H and O–H groups in total. The number of carbonyl (C=O) groups excluding carboxylic acids is 1. The minimum Gasteiger partial charge on any atom is -0.464 e. The number of likely N-dealkylation sites (N-methyl/N-ethyl adjacent to an activating group) is 1. The summed E-state index contributed by atoms with van der Waals surface area (Å²) in [5.41, 5.74) is 0.828. The standard InChI is InChI=1S/C14H21NO3/c1-4-17-14(16)13(18-11-10-15(2)3)12-8-6-5-7-9-12/h5-9,13H,4,10-11H2,1-3H3. The average Bonchev–Trinajstić information content (AvgIpc) is 2.35. The largest absolute Gasteiger partial charge is 0.464 e. The van der Waals surface area contributed by atoms with Crippen LogP contribution in [0.2, 0.25) is 0 Å². The lowest BCUT2D eigenvalue weighted by Gasteiger charge is -2.18. The zero-order chi connectivity index (χ0) is 13.4. The summed E-state index contributed by atoms with van der Waals surface area (Å²) in [6.45, 7) is 3.41. The molecule has 0 radical (unpaired) electrons. The summed E-state index contributed by atoms with van der Waals surface area (Å²) in [5, 5.41) is 0. The number of hydrogen-bond donors (Lipinski definition) is 0. The van der Waals surface area contributed by atoms with Gasteiger partial charge in [-0.3, -0.25) is 0 Å². The van der Waals surface area contributed by atoms with Gasteiger partial charge >= 0.3 is 5.97 Å². The van der Waals surface area contributed by atoms with Crippen LogP contribution in [0, 0.1) is 0 Å². The quantitative estimate of drug-likeness (QED) is 0.693. The van der Waals surface area contributed by atoms with E-state index in [1.807, 2.05) is 49.3 Å². The van der Waals surface area contributed by atoms with E-state index in [1.54, 1.807) is 6.92 Å². The molecule has 0 aliphatic rings. The molecule has 0 spiro atoms. The molecule has 1 aromatic carbocycles. The van der Waals surface area contributed by atoms with Crippen molar-refractivity contribution in [2.75, 3.05) is 33.9 Å². The summed E-state index contributed by atoms with van der Waals surface area (Å²) in [6, 6.07) is 9.42. The SMILES string of the molecule is CCOC(=O)C(OCCN(C)C)c1ccccc1. The number of benzene rings is 1. The summed E-state index contributed by atoms with van der Waals surface area (Å²) in [6.07, 6.45) is -0.633. The van der Waals surface area contributed by atoms with Crippen molar-refractivity contribution in [3.63, 3.8) is 0 Å². The molecule has 0 aliphatic carbocycles. The fourth-order valence-corrected chi connectivity index (χ4v) is 1.50. The summed E-state index contributed by atoms with van der Waals surface area (Å²) in [7, 11) is 3.93. The molecule has 100 valence electrons. The van der Waals surface area contributed by atoms with E-state index >= 15 is 0 Å². The first-order valence-electron chi connectivity index (χ1n) is 6.13. The van der Waals surface area contributed by atoms with Crippen molar-refractivity contribution in [2.24, 2.45) is 0 Å². The maximum atomic E-state index is 11.9. The second-order valence-electron chi connectivity index (χ2n) is 4.22. The number of hydrogen-bond acceptors (Lipinski definition) is 4. The third-order valence-corrected chi connectivity index (χ3v) is 2.43. The van der Waals surface area contributed by atoms with Crippen molar-refractivity contribution in [1.82, 2.24) is 4.90 Å². The van der Waals surface area contributed by atoms with Crippen LogP contribution in [0.25, 0.3) is 0 Å². The molecule has 4 nitrogen and oxygen atoms in total. The second kappa shape index (κ2) is 7.84. The van der Waals surface area contributed by atoms with Crippen LogP contribution in [0.15, 0.2) is 30.3 Å². The Hall–Kier alpha value is -1.39. The molecular formula is C14H21NO3. The van der Waals surface area contributed by atoms with Gasteiger partial charge in [0.2, 0.25) is 0 Å². The molecule has 0 heterocycles. The van der Waals surface area contributed by atoms with Gasteiger partial charge < -0.3 is 14.4 Å². The zero-order valence-electron chi connectivity index (χ0n) is 11.3. The molecule has 1 atom stereocenters. The molecule has 0 aromatic heterocycles. The first-order chi connectivity index (χ1) is 8.65. The van der Waals surface area contributed by atoms with Crippen molar-refractivity contribution in [3.8, 4) is 0 Å². The molecule has 0 fully saturated rings. The highest BCUT2D eigenvalue weighted by atomic mass is 16.6. The molecule has 0 bridgehead atoms. The summed E-state index contributed by atoms with van der Waals surface area (Å²) in [4.78, 5) is 13.9. The van der Waals surface area contributed by atoms with Crippen molar-refractivity contribution >= 4 is 5.97 Å². The lowest BCUT2D eigenvalue weighted by molar-refractivity contribution is -0.157. The van der Waals surface area contributed by atoms with Crippen LogP contribution >= 0.6 is 0 Å². The van der Waals surface area contributed by atoms with Gasteiger partial charge in [-0.25, -0.2) is 4.79 Å². The van der Waals surface area contributed by atoms with E-state index < -0.39 is 6.10 Å². The Morgan fingerprint density at radius 2 is 1.94 bits per heavy atom. The molecule has 0 saturated heterocycles. The number of ether oxygens (including phenoxy) is 2. The van der Waals surface area contributed by atoms with E-state index in [-0.39, 0.29) is 5.97 Å². The van der Waals surface area contributed by atoms with Crippen LogP contribution < -0.4 is 0 Å². The Bertz CT molecular complexity index is 351. The van der Waals surface area contributed by atoms with Gasteiger partial charge in [0.15, 0.2) is 6.10 Å². The fraction of sp³-hybridized carbons (Fsp3) is 0.500. The molecular weight excluding hydrogens is 230 g/mol. The van der Waals surface area contributed by atoms with Crippen LogP contribution in [-0.2, 0) is 14.3 Å². The molecule has 18 heavy (non-hydrogen) atoms. The Morgan fingerprint density at radius 1 is 1.28 bits per heavy atom. The molecule has 4 heteroatoms. The molecule has 0 saturated carbocycles. The summed E-state index contributed by atoms with van der Waals surface area (Å²) >= 11 is 0. The number of carbonyl (C=O) groups is 1. The Kier molecular flexibility index (Phi) is 6.39. The predicted octanol–water partition coefficient (Wildman–Crippen LogP) is 1.87. The van der Waals surface area contributed by atoms with Crippen LogP contribution in [0.5, 0.6) is 0 Å². The highest BCUT2D eigenvalue weighted by Gasteiger charge is 2.22. The lowest BCUT2D eigenvalue weighted by atomic mass is 10.1. The van der Waals surface area contributed by atoms with Crippen LogP contribution in [0.3, 0.4) is 0 Å². The number of esters is 1. The van der Waals surface area contributed by atoms with Gasteiger partial charge in [-0.15, -0.1) is 0 Å². The Labute approximate surface area is 108 Å². The van der Waals surface area contributed by atoms with Crippen LogP contribution in [0.1, 0.15) is 18.6 Å². The highest BCUT2D eigenvalue weighted by molar-refractivity contribution is 5.76. The minimum atomic E-state index is -0.633. The Balaban J connectivity index is 2.66. The molecule has 0 amide bonds. The van der Waals surface area contributed by atoms with Crippen LogP contribution in [0.4, 0.5) is 0 Å². The maximum absolute atomic E-state index is 11.9. The topological polar surface area (TPSA) is 38.8 Å². The smallest absolute Gasteiger partial charge is 0.339 e. The molecule has 0 aliphatic heterocycles. The molecule has 1 rings (SSSR count). The molecule has 1 unspecified atom stereocenters. The van der Waals surface area contributed by atoms with Gasteiger partial charge in [0.1, 0.15) is 0 Å². The zero-order valence-corrected chi connectivity index (χ0v) is 11.3. The van der Waals surface area contributed by atoms with Gasteiger partial charge in [-0.1, -0.05) is 30.3 Å². The third-order valence-electron chi connectivity index (χ3n) is 2.43. The maximum Gasteiger partial charge on any atom is 0.339 e. The number of nitrogens with zero attached hydrogens (tertiary/aromatic N) is 1. The van der Waals surface area contributed by atoms with Crippen molar-refractivity contribution in [3.05, 3.63) is 35.9 Å². The first-order valence-corrected chi connectivity index (χ1v) is 6.13. The number of rotatable bonds is 7.